The van der Waals surface area contributed by atoms with Crippen LogP contribution in [0.1, 0.15) is 106 Å². The van der Waals surface area contributed by atoms with E-state index in [1.165, 1.54) is 32.6 Å². The summed E-state index contributed by atoms with van der Waals surface area (Å²) < 4.78 is 10.6. The number of allylic oxidation sites excluding steroid dienone is 3. The number of ketones is 2. The summed E-state index contributed by atoms with van der Waals surface area (Å²) in [7, 11) is 0. The van der Waals surface area contributed by atoms with Gasteiger partial charge in [-0.25, -0.2) is 0 Å². The van der Waals surface area contributed by atoms with Crippen LogP contribution in [0.15, 0.2) is 20.5 Å². The zero-order chi connectivity index (χ0) is 22.7. The average molecular weight is 525 g/mol. The van der Waals surface area contributed by atoms with Gasteiger partial charge >= 0.3 is 190 Å². The SMILES string of the molecule is CCCCC1=[C]([Sn]([CH2]CCC)([CH2]CCC)[CH2]CCC)C(=O)C(OC(C)C)=C(C)C1=O. The number of unbranched alkanes of at least 4 members (excludes halogenated alkanes) is 4. The van der Waals surface area contributed by atoms with Crippen LogP contribution in [0.2, 0.25) is 13.3 Å². The molecular weight excluding hydrogens is 479 g/mol. The van der Waals surface area contributed by atoms with Gasteiger partial charge in [0.05, 0.1) is 0 Å². The summed E-state index contributed by atoms with van der Waals surface area (Å²) in [5.74, 6) is 0.543. The molecule has 0 N–H and O–H groups in total. The number of hydrogen-bond donors (Lipinski definition) is 0. The van der Waals surface area contributed by atoms with E-state index in [4.69, 9.17) is 4.74 Å². The molecule has 0 aromatic carbocycles. The molecule has 1 rings (SSSR count). The fraction of sp³-hybridized carbons (Fsp3) is 0.769. The number of rotatable bonds is 15. The van der Waals surface area contributed by atoms with Crippen molar-refractivity contribution in [2.24, 2.45) is 0 Å². The second kappa shape index (κ2) is 13.7. The molecule has 4 heteroatoms. The molecule has 172 valence electrons. The number of hydrogen-bond acceptors (Lipinski definition) is 3. The molecule has 0 spiro atoms. The van der Waals surface area contributed by atoms with Gasteiger partial charge in [0.2, 0.25) is 0 Å². The van der Waals surface area contributed by atoms with Gasteiger partial charge in [0, 0.05) is 0 Å². The molecule has 0 saturated carbocycles. The van der Waals surface area contributed by atoms with Gasteiger partial charge in [-0.2, -0.15) is 0 Å². The number of ether oxygens (including phenoxy) is 1. The van der Waals surface area contributed by atoms with E-state index in [2.05, 4.69) is 27.7 Å². The molecule has 0 radical (unpaired) electrons. The van der Waals surface area contributed by atoms with Crippen molar-refractivity contribution in [3.63, 3.8) is 0 Å². The third kappa shape index (κ3) is 6.96. The van der Waals surface area contributed by atoms with Crippen molar-refractivity contribution in [3.05, 3.63) is 20.5 Å². The van der Waals surface area contributed by atoms with Gasteiger partial charge in [0.15, 0.2) is 0 Å². The van der Waals surface area contributed by atoms with E-state index >= 15 is 0 Å². The van der Waals surface area contributed by atoms with Gasteiger partial charge in [-0.1, -0.05) is 0 Å². The topological polar surface area (TPSA) is 43.4 Å². The molecule has 0 amide bonds. The van der Waals surface area contributed by atoms with Crippen molar-refractivity contribution in [3.8, 4) is 0 Å². The molecule has 0 atom stereocenters. The molecule has 0 unspecified atom stereocenters. The summed E-state index contributed by atoms with van der Waals surface area (Å²) in [6.07, 6.45) is 9.67. The molecule has 3 nitrogen and oxygen atoms in total. The van der Waals surface area contributed by atoms with Crippen molar-refractivity contribution >= 4 is 29.9 Å². The van der Waals surface area contributed by atoms with Crippen molar-refractivity contribution in [2.45, 2.75) is 126 Å². The summed E-state index contributed by atoms with van der Waals surface area (Å²) in [5.41, 5.74) is 1.42. The normalized spacial score (nSPS) is 15.6. The van der Waals surface area contributed by atoms with E-state index in [1.807, 2.05) is 13.8 Å². The van der Waals surface area contributed by atoms with Crippen LogP contribution in [-0.2, 0) is 14.3 Å². The van der Waals surface area contributed by atoms with Crippen LogP contribution in [-0.4, -0.2) is 36.0 Å². The van der Waals surface area contributed by atoms with Gasteiger partial charge in [0.1, 0.15) is 0 Å². The zero-order valence-corrected chi connectivity index (χ0v) is 23.6. The molecule has 0 fully saturated rings. The Bertz CT molecular complexity index is 621. The number of carbonyl (C=O) groups is 2. The first-order valence-corrected chi connectivity index (χ1v) is 20.0. The Labute approximate surface area is 190 Å². The van der Waals surface area contributed by atoms with Crippen LogP contribution in [0.4, 0.5) is 0 Å². The van der Waals surface area contributed by atoms with E-state index < -0.39 is 18.4 Å². The third-order valence-corrected chi connectivity index (χ3v) is 22.1. The molecule has 0 saturated heterocycles. The van der Waals surface area contributed by atoms with Crippen molar-refractivity contribution in [2.75, 3.05) is 0 Å². The summed E-state index contributed by atoms with van der Waals surface area (Å²) in [6.45, 7) is 14.6. The number of Topliss-reactive ketones (excluding diaryl/α,β-unsaturated/α-hetero) is 2. The molecule has 0 heterocycles. The van der Waals surface area contributed by atoms with Crippen LogP contribution >= 0.6 is 0 Å². The van der Waals surface area contributed by atoms with Crippen LogP contribution in [0.3, 0.4) is 0 Å². The minimum absolute atomic E-state index is 0.0889. The second-order valence-electron chi connectivity index (χ2n) is 9.33. The maximum atomic E-state index is 14.0. The van der Waals surface area contributed by atoms with E-state index in [1.54, 1.807) is 6.92 Å². The third-order valence-electron chi connectivity index (χ3n) is 6.38. The zero-order valence-electron chi connectivity index (χ0n) is 20.8. The molecule has 1 aliphatic carbocycles. The molecule has 1 aliphatic rings. The first-order chi connectivity index (χ1) is 14.3. The Morgan fingerprint density at radius 3 is 1.63 bits per heavy atom. The molecule has 0 aromatic rings. The Morgan fingerprint density at radius 1 is 0.767 bits per heavy atom. The minimum atomic E-state index is -3.08. The first kappa shape index (κ1) is 27.5. The Hall–Kier alpha value is -0.581. The number of carbonyl (C=O) groups excluding carboxylic acids is 2. The molecular formula is C26H46O3Sn. The fourth-order valence-corrected chi connectivity index (χ4v) is 22.0. The molecule has 0 aliphatic heterocycles. The van der Waals surface area contributed by atoms with Crippen LogP contribution < -0.4 is 0 Å². The summed E-state index contributed by atoms with van der Waals surface area (Å²) >= 11 is -3.08. The van der Waals surface area contributed by atoms with E-state index in [0.717, 1.165) is 47.7 Å². The monoisotopic (exact) mass is 526 g/mol. The quantitative estimate of drug-likeness (QED) is 0.163. The van der Waals surface area contributed by atoms with E-state index in [0.29, 0.717) is 11.3 Å². The second-order valence-corrected chi connectivity index (χ2v) is 22.3. The summed E-state index contributed by atoms with van der Waals surface area (Å²) in [5, 5.41) is 0. The van der Waals surface area contributed by atoms with Gasteiger partial charge in [-0.05, 0) is 0 Å². The Balaban J connectivity index is 3.68. The predicted molar refractivity (Wildman–Crippen MR) is 130 cm³/mol. The average Bonchev–Trinajstić information content (AvgIpc) is 2.72. The fourth-order valence-electron chi connectivity index (χ4n) is 4.69. The van der Waals surface area contributed by atoms with Gasteiger partial charge in [-0.3, -0.25) is 0 Å². The molecule has 30 heavy (non-hydrogen) atoms. The van der Waals surface area contributed by atoms with Crippen LogP contribution in [0.5, 0.6) is 0 Å². The van der Waals surface area contributed by atoms with Crippen LogP contribution in [0.25, 0.3) is 0 Å². The van der Waals surface area contributed by atoms with E-state index in [9.17, 15) is 9.59 Å². The Kier molecular flexibility index (Phi) is 12.6. The molecule has 0 bridgehead atoms. The van der Waals surface area contributed by atoms with E-state index in [-0.39, 0.29) is 17.7 Å². The first-order valence-electron chi connectivity index (χ1n) is 12.5. The van der Waals surface area contributed by atoms with Crippen molar-refractivity contribution in [1.82, 2.24) is 0 Å². The van der Waals surface area contributed by atoms with Gasteiger partial charge < -0.3 is 0 Å². The molecule has 0 aromatic heterocycles. The maximum absolute atomic E-state index is 14.0. The predicted octanol–water partition coefficient (Wildman–Crippen LogP) is 7.71. The van der Waals surface area contributed by atoms with Crippen LogP contribution in [0, 0.1) is 0 Å². The summed E-state index contributed by atoms with van der Waals surface area (Å²) in [4.78, 5) is 27.5. The Morgan fingerprint density at radius 2 is 1.23 bits per heavy atom. The van der Waals surface area contributed by atoms with Crippen molar-refractivity contribution < 1.29 is 14.3 Å². The van der Waals surface area contributed by atoms with Crippen molar-refractivity contribution in [1.29, 1.82) is 0 Å². The standard InChI is InChI=1S/C14H19O3.3C4H9.Sn/c1-5-6-7-11-8-12(15)14(17-9(2)3)10(4)13(11)16;3*1-3-4-2;/h9H,5-7H2,1-4H3;3*1,3-4H2,2H3;. The van der Waals surface area contributed by atoms with Gasteiger partial charge in [0.25, 0.3) is 0 Å². The summed E-state index contributed by atoms with van der Waals surface area (Å²) in [6, 6.07) is 0. The van der Waals surface area contributed by atoms with Gasteiger partial charge in [-0.15, -0.1) is 0 Å².